The van der Waals surface area contributed by atoms with Gasteiger partial charge in [-0.3, -0.25) is 0 Å². The SMILES string of the molecule is Cc1ccc(F)cc1-c1noc([C@@H](N)C(C)C)n1. The Morgan fingerprint density at radius 1 is 1.33 bits per heavy atom. The fourth-order valence-electron chi connectivity index (χ4n) is 1.60. The highest BCUT2D eigenvalue weighted by Crippen LogP contribution is 2.24. The van der Waals surface area contributed by atoms with Gasteiger partial charge in [-0.15, -0.1) is 0 Å². The van der Waals surface area contributed by atoms with Gasteiger partial charge in [0.2, 0.25) is 11.7 Å². The largest absolute Gasteiger partial charge is 0.337 e. The van der Waals surface area contributed by atoms with E-state index in [9.17, 15) is 4.39 Å². The number of nitrogens with two attached hydrogens (primary N) is 1. The van der Waals surface area contributed by atoms with Crippen LogP contribution in [0.5, 0.6) is 0 Å². The third-order valence-corrected chi connectivity index (χ3v) is 2.89. The molecule has 1 aromatic heterocycles. The number of nitrogens with zero attached hydrogens (tertiary/aromatic N) is 2. The van der Waals surface area contributed by atoms with Crippen molar-refractivity contribution in [2.24, 2.45) is 11.7 Å². The third kappa shape index (κ3) is 2.41. The summed E-state index contributed by atoms with van der Waals surface area (Å²) in [5, 5.41) is 3.86. The van der Waals surface area contributed by atoms with Crippen LogP contribution in [-0.4, -0.2) is 10.1 Å². The van der Waals surface area contributed by atoms with Gasteiger partial charge >= 0.3 is 0 Å². The molecule has 5 heteroatoms. The van der Waals surface area contributed by atoms with E-state index in [-0.39, 0.29) is 17.8 Å². The van der Waals surface area contributed by atoms with E-state index in [2.05, 4.69) is 10.1 Å². The molecule has 0 spiro atoms. The molecule has 0 aliphatic carbocycles. The number of aryl methyl sites for hydroxylation is 1. The minimum Gasteiger partial charge on any atom is -0.337 e. The molecule has 0 saturated carbocycles. The van der Waals surface area contributed by atoms with E-state index in [0.29, 0.717) is 17.3 Å². The lowest BCUT2D eigenvalue weighted by Crippen LogP contribution is -2.16. The zero-order valence-electron chi connectivity index (χ0n) is 10.6. The molecule has 1 atom stereocenters. The van der Waals surface area contributed by atoms with E-state index < -0.39 is 0 Å². The molecule has 1 heterocycles. The molecule has 0 saturated heterocycles. The highest BCUT2D eigenvalue weighted by atomic mass is 19.1. The first-order chi connectivity index (χ1) is 8.49. The first-order valence-corrected chi connectivity index (χ1v) is 5.84. The number of halogens is 1. The molecule has 18 heavy (non-hydrogen) atoms. The van der Waals surface area contributed by atoms with Crippen LogP contribution in [0.25, 0.3) is 11.4 Å². The quantitative estimate of drug-likeness (QED) is 0.908. The van der Waals surface area contributed by atoms with Crippen LogP contribution in [0.2, 0.25) is 0 Å². The number of hydrogen-bond acceptors (Lipinski definition) is 4. The van der Waals surface area contributed by atoms with Crippen LogP contribution in [0.4, 0.5) is 4.39 Å². The topological polar surface area (TPSA) is 64.9 Å². The van der Waals surface area contributed by atoms with Gasteiger partial charge in [-0.25, -0.2) is 4.39 Å². The predicted molar refractivity (Wildman–Crippen MR) is 66.2 cm³/mol. The minimum absolute atomic E-state index is 0.201. The Morgan fingerprint density at radius 3 is 2.72 bits per heavy atom. The molecule has 0 unspecified atom stereocenters. The third-order valence-electron chi connectivity index (χ3n) is 2.89. The lowest BCUT2D eigenvalue weighted by atomic mass is 10.1. The maximum atomic E-state index is 13.2. The average Bonchev–Trinajstić information content (AvgIpc) is 2.80. The van der Waals surface area contributed by atoms with Gasteiger partial charge in [-0.2, -0.15) is 4.98 Å². The van der Waals surface area contributed by atoms with E-state index in [0.717, 1.165) is 5.56 Å². The molecule has 0 aliphatic rings. The summed E-state index contributed by atoms with van der Waals surface area (Å²) in [6.45, 7) is 5.82. The lowest BCUT2D eigenvalue weighted by Gasteiger charge is -2.09. The van der Waals surface area contributed by atoms with Crippen LogP contribution in [0.15, 0.2) is 22.7 Å². The average molecular weight is 249 g/mol. The van der Waals surface area contributed by atoms with Crippen molar-refractivity contribution in [1.29, 1.82) is 0 Å². The van der Waals surface area contributed by atoms with Crippen LogP contribution in [0.3, 0.4) is 0 Å². The van der Waals surface area contributed by atoms with Gasteiger partial charge in [0.1, 0.15) is 5.82 Å². The predicted octanol–water partition coefficient (Wildman–Crippen LogP) is 2.84. The number of rotatable bonds is 3. The van der Waals surface area contributed by atoms with Crippen LogP contribution in [0, 0.1) is 18.7 Å². The number of hydrogen-bond donors (Lipinski definition) is 1. The Kier molecular flexibility index (Phi) is 3.43. The van der Waals surface area contributed by atoms with Gasteiger partial charge in [0, 0.05) is 5.56 Å². The molecular weight excluding hydrogens is 233 g/mol. The molecule has 2 rings (SSSR count). The monoisotopic (exact) mass is 249 g/mol. The highest BCUT2D eigenvalue weighted by molar-refractivity contribution is 5.59. The van der Waals surface area contributed by atoms with Crippen molar-refractivity contribution in [2.45, 2.75) is 26.8 Å². The van der Waals surface area contributed by atoms with Crippen LogP contribution in [-0.2, 0) is 0 Å². The zero-order valence-corrected chi connectivity index (χ0v) is 10.6. The molecule has 2 aromatic rings. The summed E-state index contributed by atoms with van der Waals surface area (Å²) in [7, 11) is 0. The van der Waals surface area contributed by atoms with E-state index in [4.69, 9.17) is 10.3 Å². The molecule has 2 N–H and O–H groups in total. The molecule has 96 valence electrons. The molecule has 0 bridgehead atoms. The van der Waals surface area contributed by atoms with Crippen molar-refractivity contribution in [2.75, 3.05) is 0 Å². The van der Waals surface area contributed by atoms with Crippen molar-refractivity contribution in [3.63, 3.8) is 0 Å². The van der Waals surface area contributed by atoms with Gasteiger partial charge in [-0.1, -0.05) is 25.1 Å². The van der Waals surface area contributed by atoms with E-state index in [1.54, 1.807) is 6.07 Å². The van der Waals surface area contributed by atoms with Gasteiger partial charge in [0.25, 0.3) is 0 Å². The fraction of sp³-hybridized carbons (Fsp3) is 0.385. The summed E-state index contributed by atoms with van der Waals surface area (Å²) in [6.07, 6.45) is 0. The fourth-order valence-corrected chi connectivity index (χ4v) is 1.60. The summed E-state index contributed by atoms with van der Waals surface area (Å²) in [5.74, 6) is 0.628. The Morgan fingerprint density at radius 2 is 2.06 bits per heavy atom. The minimum atomic E-state index is -0.324. The van der Waals surface area contributed by atoms with Crippen LogP contribution < -0.4 is 5.73 Å². The van der Waals surface area contributed by atoms with Crippen LogP contribution >= 0.6 is 0 Å². The Bertz CT molecular complexity index is 551. The van der Waals surface area contributed by atoms with E-state index in [1.807, 2.05) is 20.8 Å². The van der Waals surface area contributed by atoms with Crippen molar-refractivity contribution >= 4 is 0 Å². The highest BCUT2D eigenvalue weighted by Gasteiger charge is 2.19. The smallest absolute Gasteiger partial charge is 0.244 e. The van der Waals surface area contributed by atoms with Crippen molar-refractivity contribution in [3.8, 4) is 11.4 Å². The molecule has 1 aromatic carbocycles. The molecule has 0 aliphatic heterocycles. The summed E-state index contributed by atoms with van der Waals surface area (Å²) in [6, 6.07) is 4.17. The molecular formula is C13H16FN3O. The van der Waals surface area contributed by atoms with Crippen molar-refractivity contribution in [3.05, 3.63) is 35.5 Å². The second-order valence-electron chi connectivity index (χ2n) is 4.69. The van der Waals surface area contributed by atoms with Gasteiger partial charge in [0.15, 0.2) is 0 Å². The van der Waals surface area contributed by atoms with Crippen LogP contribution in [0.1, 0.15) is 31.3 Å². The molecule has 0 fully saturated rings. The summed E-state index contributed by atoms with van der Waals surface area (Å²) < 4.78 is 18.3. The standard InChI is InChI=1S/C13H16FN3O/c1-7(2)11(15)13-16-12(17-18-13)10-6-9(14)5-4-8(10)3/h4-7,11H,15H2,1-3H3/t11-/m0/s1. The van der Waals surface area contributed by atoms with Gasteiger partial charge < -0.3 is 10.3 Å². The van der Waals surface area contributed by atoms with Crippen molar-refractivity contribution in [1.82, 2.24) is 10.1 Å². The first kappa shape index (κ1) is 12.7. The number of aromatic nitrogens is 2. The Hall–Kier alpha value is -1.75. The lowest BCUT2D eigenvalue weighted by molar-refractivity contribution is 0.325. The molecule has 0 amide bonds. The van der Waals surface area contributed by atoms with Gasteiger partial charge in [-0.05, 0) is 30.5 Å². The maximum Gasteiger partial charge on any atom is 0.244 e. The van der Waals surface area contributed by atoms with E-state index >= 15 is 0 Å². The molecule has 0 radical (unpaired) electrons. The normalized spacial score (nSPS) is 13.0. The maximum absolute atomic E-state index is 13.2. The summed E-state index contributed by atoms with van der Waals surface area (Å²) in [4.78, 5) is 4.23. The Labute approximate surface area is 105 Å². The van der Waals surface area contributed by atoms with Crippen molar-refractivity contribution < 1.29 is 8.91 Å². The second-order valence-corrected chi connectivity index (χ2v) is 4.69. The Balaban J connectivity index is 2.38. The van der Waals surface area contributed by atoms with E-state index in [1.165, 1.54) is 12.1 Å². The zero-order chi connectivity index (χ0) is 13.3. The number of benzene rings is 1. The molecule has 4 nitrogen and oxygen atoms in total. The summed E-state index contributed by atoms with van der Waals surface area (Å²) in [5.41, 5.74) is 7.44. The summed E-state index contributed by atoms with van der Waals surface area (Å²) >= 11 is 0. The first-order valence-electron chi connectivity index (χ1n) is 5.84. The van der Waals surface area contributed by atoms with Gasteiger partial charge in [0.05, 0.1) is 6.04 Å². The second kappa shape index (κ2) is 4.86.